The number of amides is 2. The normalized spacial score (nSPS) is 24.0. The zero-order valence-electron chi connectivity index (χ0n) is 18.3. The monoisotopic (exact) mass is 446 g/mol. The fourth-order valence-electron chi connectivity index (χ4n) is 4.40. The van der Waals surface area contributed by atoms with Crippen LogP contribution >= 0.6 is 0 Å². The number of piperazine rings is 1. The second-order valence-electron chi connectivity index (χ2n) is 8.38. The van der Waals surface area contributed by atoms with Crippen molar-refractivity contribution < 1.29 is 18.7 Å². The van der Waals surface area contributed by atoms with Crippen LogP contribution in [0.25, 0.3) is 0 Å². The molecule has 9 nitrogen and oxygen atoms in total. The van der Waals surface area contributed by atoms with Crippen molar-refractivity contribution in [2.24, 2.45) is 10.7 Å². The first-order chi connectivity index (χ1) is 15.5. The van der Waals surface area contributed by atoms with Crippen LogP contribution < -0.4 is 11.1 Å². The summed E-state index contributed by atoms with van der Waals surface area (Å²) in [5.41, 5.74) is 8.06. The molecule has 2 amide bonds. The molecule has 1 aliphatic carbocycles. The molecule has 4 rings (SSSR count). The highest BCUT2D eigenvalue weighted by Gasteiger charge is 2.34. The molecular formula is C22H31FN6O3. The molecule has 0 aromatic carbocycles. The number of ether oxygens (including phenoxy) is 1. The predicted molar refractivity (Wildman–Crippen MR) is 119 cm³/mol. The van der Waals surface area contributed by atoms with Gasteiger partial charge in [0, 0.05) is 57.6 Å². The number of carbonyl (C=O) groups is 2. The van der Waals surface area contributed by atoms with Crippen molar-refractivity contribution >= 4 is 18.2 Å². The fourth-order valence-corrected chi connectivity index (χ4v) is 4.40. The third-order valence-electron chi connectivity index (χ3n) is 6.25. The first-order valence-corrected chi connectivity index (χ1v) is 11.2. The molecule has 0 bridgehead atoms. The number of nitrogens with two attached hydrogens (primary N) is 1. The van der Waals surface area contributed by atoms with Crippen molar-refractivity contribution in [3.63, 3.8) is 0 Å². The molecule has 0 spiro atoms. The van der Waals surface area contributed by atoms with Gasteiger partial charge in [-0.25, -0.2) is 9.18 Å². The molecule has 1 atom stereocenters. The van der Waals surface area contributed by atoms with E-state index in [0.29, 0.717) is 76.6 Å². The van der Waals surface area contributed by atoms with E-state index in [1.54, 1.807) is 0 Å². The van der Waals surface area contributed by atoms with Gasteiger partial charge in [0.05, 0.1) is 25.3 Å². The zero-order valence-corrected chi connectivity index (χ0v) is 18.3. The van der Waals surface area contributed by atoms with Crippen LogP contribution in [0, 0.1) is 0 Å². The molecule has 0 aromatic heterocycles. The van der Waals surface area contributed by atoms with E-state index in [0.717, 1.165) is 6.42 Å². The quantitative estimate of drug-likeness (QED) is 0.560. The van der Waals surface area contributed by atoms with Gasteiger partial charge < -0.3 is 25.6 Å². The number of nitrogens with zero attached hydrogens (tertiary/aromatic N) is 4. The molecule has 32 heavy (non-hydrogen) atoms. The molecule has 1 unspecified atom stereocenters. The summed E-state index contributed by atoms with van der Waals surface area (Å²) >= 11 is 0. The molecule has 174 valence electrons. The van der Waals surface area contributed by atoms with Gasteiger partial charge in [0.2, 0.25) is 5.91 Å². The number of hydrogen-bond acceptors (Lipinski definition) is 7. The van der Waals surface area contributed by atoms with Crippen molar-refractivity contribution in [1.82, 2.24) is 20.0 Å². The Labute approximate surface area is 187 Å². The third-order valence-corrected chi connectivity index (χ3v) is 6.25. The molecule has 2 fully saturated rings. The minimum Gasteiger partial charge on any atom is -0.443 e. The van der Waals surface area contributed by atoms with Crippen LogP contribution in [0.3, 0.4) is 0 Å². The minimum atomic E-state index is -0.462. The standard InChI is InChI=1S/C22H31FN6O3/c23-19-10-17(29-15-18(11-24)32-22(29)31)3-4-20(19)27-6-8-28(9-7-27)21(30)14-26-13-16-2-1-5-25-12-16/h2,5,10,18,26H,1,3-4,6-9,11-15,24H2. The molecule has 3 N–H and O–H groups in total. The molecule has 3 aliphatic heterocycles. The number of carbonyl (C=O) groups excluding carboxylic acids is 2. The second-order valence-corrected chi connectivity index (χ2v) is 8.38. The van der Waals surface area contributed by atoms with Gasteiger partial charge in [-0.3, -0.25) is 14.7 Å². The number of aliphatic imine (C=N–C) groups is 1. The van der Waals surface area contributed by atoms with Gasteiger partial charge in [0.25, 0.3) is 0 Å². The molecular weight excluding hydrogens is 415 g/mol. The summed E-state index contributed by atoms with van der Waals surface area (Å²) in [6, 6.07) is 0. The second kappa shape index (κ2) is 10.3. The van der Waals surface area contributed by atoms with Crippen molar-refractivity contribution in [1.29, 1.82) is 0 Å². The predicted octanol–water partition coefficient (Wildman–Crippen LogP) is 0.759. The summed E-state index contributed by atoms with van der Waals surface area (Å²) in [6.07, 6.45) is 6.60. The lowest BCUT2D eigenvalue weighted by Gasteiger charge is -2.38. The molecule has 3 heterocycles. The minimum absolute atomic E-state index is 0.0619. The Morgan fingerprint density at radius 3 is 2.75 bits per heavy atom. The van der Waals surface area contributed by atoms with E-state index in [1.165, 1.54) is 16.5 Å². The van der Waals surface area contributed by atoms with Crippen molar-refractivity contribution in [3.05, 3.63) is 34.9 Å². The number of dihydropyridines is 1. The number of hydrogen-bond donors (Lipinski definition) is 2. The van der Waals surface area contributed by atoms with Crippen LogP contribution in [0.1, 0.15) is 19.3 Å². The highest BCUT2D eigenvalue weighted by Crippen LogP contribution is 2.31. The van der Waals surface area contributed by atoms with E-state index in [9.17, 15) is 14.0 Å². The van der Waals surface area contributed by atoms with Crippen LogP contribution in [0.2, 0.25) is 0 Å². The molecule has 4 aliphatic rings. The van der Waals surface area contributed by atoms with Gasteiger partial charge in [-0.05, 0) is 24.5 Å². The lowest BCUT2D eigenvalue weighted by atomic mass is 10.0. The zero-order chi connectivity index (χ0) is 22.5. The Morgan fingerprint density at radius 1 is 1.28 bits per heavy atom. The van der Waals surface area contributed by atoms with E-state index < -0.39 is 6.09 Å². The summed E-state index contributed by atoms with van der Waals surface area (Å²) in [6.45, 7) is 4.61. The Morgan fingerprint density at radius 2 is 2.09 bits per heavy atom. The van der Waals surface area contributed by atoms with E-state index in [4.69, 9.17) is 10.5 Å². The van der Waals surface area contributed by atoms with Gasteiger partial charge in [0.1, 0.15) is 11.9 Å². The molecule has 2 saturated heterocycles. The average Bonchev–Trinajstić information content (AvgIpc) is 3.20. The van der Waals surface area contributed by atoms with Crippen LogP contribution in [-0.4, -0.2) is 97.9 Å². The first kappa shape index (κ1) is 22.5. The van der Waals surface area contributed by atoms with Crippen molar-refractivity contribution in [2.45, 2.75) is 25.4 Å². The summed E-state index contributed by atoms with van der Waals surface area (Å²) in [7, 11) is 0. The van der Waals surface area contributed by atoms with Gasteiger partial charge in [-0.15, -0.1) is 0 Å². The average molecular weight is 447 g/mol. The lowest BCUT2D eigenvalue weighted by molar-refractivity contribution is -0.131. The van der Waals surface area contributed by atoms with Gasteiger partial charge in [-0.2, -0.15) is 0 Å². The summed E-state index contributed by atoms with van der Waals surface area (Å²) in [5, 5.41) is 3.20. The number of cyclic esters (lactones) is 1. The molecule has 0 aromatic rings. The lowest BCUT2D eigenvalue weighted by Crippen LogP contribution is -2.50. The van der Waals surface area contributed by atoms with Gasteiger partial charge in [-0.1, -0.05) is 6.08 Å². The Balaban J connectivity index is 1.25. The van der Waals surface area contributed by atoms with Crippen LogP contribution in [0.15, 0.2) is 39.9 Å². The molecule has 0 radical (unpaired) electrons. The number of rotatable bonds is 7. The topological polar surface area (TPSA) is 104 Å². The van der Waals surface area contributed by atoms with Crippen molar-refractivity contribution in [2.75, 3.05) is 58.9 Å². The Bertz CT molecular complexity index is 860. The van der Waals surface area contributed by atoms with E-state index >= 15 is 0 Å². The SMILES string of the molecule is NCC1CN(C2=CC(F)=C(N3CCN(C(=O)CNCC4=CCC=NC4)CC3)CC2)C(=O)O1. The third kappa shape index (κ3) is 5.18. The first-order valence-electron chi connectivity index (χ1n) is 11.2. The van der Waals surface area contributed by atoms with Gasteiger partial charge in [0.15, 0.2) is 0 Å². The summed E-state index contributed by atoms with van der Waals surface area (Å²) < 4.78 is 20.1. The summed E-state index contributed by atoms with van der Waals surface area (Å²) in [4.78, 5) is 34.1. The number of halogens is 1. The van der Waals surface area contributed by atoms with Crippen LogP contribution in [0.4, 0.5) is 9.18 Å². The fraction of sp³-hybridized carbons (Fsp3) is 0.591. The Kier molecular flexibility index (Phi) is 7.21. The van der Waals surface area contributed by atoms with E-state index in [1.807, 2.05) is 16.0 Å². The van der Waals surface area contributed by atoms with Crippen LogP contribution in [-0.2, 0) is 9.53 Å². The van der Waals surface area contributed by atoms with E-state index in [2.05, 4.69) is 16.4 Å². The highest BCUT2D eigenvalue weighted by molar-refractivity contribution is 5.78. The number of nitrogens with one attached hydrogen (secondary N) is 1. The molecule has 0 saturated carbocycles. The molecule has 10 heteroatoms. The van der Waals surface area contributed by atoms with Gasteiger partial charge >= 0.3 is 6.09 Å². The largest absolute Gasteiger partial charge is 0.443 e. The smallest absolute Gasteiger partial charge is 0.414 e. The highest BCUT2D eigenvalue weighted by atomic mass is 19.1. The maximum Gasteiger partial charge on any atom is 0.414 e. The van der Waals surface area contributed by atoms with Crippen molar-refractivity contribution in [3.8, 4) is 0 Å². The maximum atomic E-state index is 14.9. The Hall–Kier alpha value is -2.72. The van der Waals surface area contributed by atoms with E-state index in [-0.39, 0.29) is 24.4 Å². The summed E-state index contributed by atoms with van der Waals surface area (Å²) in [5.74, 6) is -0.257. The maximum absolute atomic E-state index is 14.9. The number of allylic oxidation sites excluding steroid dienone is 5. The van der Waals surface area contributed by atoms with Crippen LogP contribution in [0.5, 0.6) is 0 Å².